The Morgan fingerprint density at radius 1 is 0.283 bits per heavy atom. The summed E-state index contributed by atoms with van der Waals surface area (Å²) in [6.45, 7) is 0. The van der Waals surface area contributed by atoms with E-state index in [9.17, 15) is 0 Å². The van der Waals surface area contributed by atoms with E-state index in [2.05, 4.69) is 252 Å². The molecule has 0 saturated carbocycles. The normalized spacial score (nSPS) is 11.3. The summed E-state index contributed by atoms with van der Waals surface area (Å²) in [6.07, 6.45) is 0. The van der Waals surface area contributed by atoms with Crippen molar-refractivity contribution in [2.45, 2.75) is 0 Å². The van der Waals surface area contributed by atoms with Gasteiger partial charge in [0.2, 0.25) is 0 Å². The summed E-state index contributed by atoms with van der Waals surface area (Å²) in [5.41, 5.74) is 16.2. The van der Waals surface area contributed by atoms with Gasteiger partial charge in [-0.1, -0.05) is 194 Å². The monoisotopic (exact) mass is 764 g/mol. The number of hydrogen-bond donors (Lipinski definition) is 0. The molecule has 2 heteroatoms. The van der Waals surface area contributed by atoms with Crippen molar-refractivity contribution >= 4 is 49.6 Å². The molecule has 1 aromatic heterocycles. The fourth-order valence-corrected chi connectivity index (χ4v) is 8.99. The quantitative estimate of drug-likeness (QED) is 0.150. The van der Waals surface area contributed by atoms with Crippen LogP contribution in [0.15, 0.2) is 243 Å². The molecule has 11 aromatic rings. The van der Waals surface area contributed by atoms with E-state index in [0.717, 1.165) is 39.4 Å². The molecule has 1 heterocycles. The van der Waals surface area contributed by atoms with Crippen LogP contribution >= 0.6 is 0 Å². The third kappa shape index (κ3) is 6.23. The zero-order valence-corrected chi connectivity index (χ0v) is 33.0. The maximum Gasteiger partial charge on any atom is 0.0561 e. The lowest BCUT2D eigenvalue weighted by Crippen LogP contribution is -2.12. The SMILES string of the molecule is c1ccc(-c2ccc(-c3ccccc3N(c3ccc(-c4ccccc4)c(-c4cccc5ccccc45)c3)c3ccc4c5ccccc5n(-c5ccccc5)c4c3)cc2)cc1. The van der Waals surface area contributed by atoms with Crippen molar-refractivity contribution in [3.63, 3.8) is 0 Å². The van der Waals surface area contributed by atoms with E-state index < -0.39 is 0 Å². The van der Waals surface area contributed by atoms with Crippen LogP contribution in [-0.4, -0.2) is 4.57 Å². The minimum Gasteiger partial charge on any atom is -0.310 e. The van der Waals surface area contributed by atoms with Crippen molar-refractivity contribution in [3.05, 3.63) is 243 Å². The second kappa shape index (κ2) is 15.1. The number of rotatable bonds is 8. The number of aromatic nitrogens is 1. The molecule has 0 fully saturated rings. The van der Waals surface area contributed by atoms with Gasteiger partial charge in [-0.05, 0) is 98.2 Å². The van der Waals surface area contributed by atoms with Gasteiger partial charge in [0, 0.05) is 33.4 Å². The van der Waals surface area contributed by atoms with Crippen molar-refractivity contribution in [1.29, 1.82) is 0 Å². The average molecular weight is 765 g/mol. The number of para-hydroxylation sites is 3. The number of fused-ring (bicyclic) bond motifs is 4. The second-order valence-corrected chi connectivity index (χ2v) is 15.3. The van der Waals surface area contributed by atoms with Gasteiger partial charge in [-0.2, -0.15) is 0 Å². The van der Waals surface area contributed by atoms with E-state index in [-0.39, 0.29) is 0 Å². The summed E-state index contributed by atoms with van der Waals surface area (Å²) in [6, 6.07) is 88.0. The molecule has 0 unspecified atom stereocenters. The highest BCUT2D eigenvalue weighted by Gasteiger charge is 2.22. The van der Waals surface area contributed by atoms with E-state index in [4.69, 9.17) is 0 Å². The molecule has 0 amide bonds. The van der Waals surface area contributed by atoms with Gasteiger partial charge in [0.05, 0.1) is 16.7 Å². The molecule has 0 aliphatic rings. The first-order valence-corrected chi connectivity index (χ1v) is 20.6. The zero-order valence-electron chi connectivity index (χ0n) is 33.0. The Bertz CT molecular complexity index is 3290. The molecule has 0 aliphatic heterocycles. The van der Waals surface area contributed by atoms with Gasteiger partial charge >= 0.3 is 0 Å². The lowest BCUT2D eigenvalue weighted by atomic mass is 9.90. The average Bonchev–Trinajstić information content (AvgIpc) is 3.66. The van der Waals surface area contributed by atoms with Crippen LogP contribution in [0.25, 0.3) is 82.8 Å². The molecule has 0 atom stereocenters. The molecule has 0 N–H and O–H groups in total. The predicted octanol–water partition coefficient (Wildman–Crippen LogP) is 16.1. The smallest absolute Gasteiger partial charge is 0.0561 e. The van der Waals surface area contributed by atoms with E-state index in [1.807, 2.05) is 0 Å². The topological polar surface area (TPSA) is 8.17 Å². The molecular weight excluding hydrogens is 725 g/mol. The molecule has 0 spiro atoms. The van der Waals surface area contributed by atoms with Crippen LogP contribution in [0.5, 0.6) is 0 Å². The van der Waals surface area contributed by atoms with Crippen LogP contribution in [0, 0.1) is 0 Å². The number of benzene rings is 10. The van der Waals surface area contributed by atoms with E-state index in [0.29, 0.717) is 0 Å². The molecule has 0 radical (unpaired) electrons. The van der Waals surface area contributed by atoms with Crippen molar-refractivity contribution in [3.8, 4) is 50.2 Å². The lowest BCUT2D eigenvalue weighted by molar-refractivity contribution is 1.18. The van der Waals surface area contributed by atoms with E-state index >= 15 is 0 Å². The highest BCUT2D eigenvalue weighted by Crippen LogP contribution is 2.46. The molecule has 0 bridgehead atoms. The van der Waals surface area contributed by atoms with Crippen LogP contribution in [0.3, 0.4) is 0 Å². The van der Waals surface area contributed by atoms with E-state index in [1.165, 1.54) is 60.4 Å². The van der Waals surface area contributed by atoms with Gasteiger partial charge < -0.3 is 9.47 Å². The van der Waals surface area contributed by atoms with Crippen molar-refractivity contribution in [1.82, 2.24) is 4.57 Å². The van der Waals surface area contributed by atoms with Crippen molar-refractivity contribution in [2.24, 2.45) is 0 Å². The second-order valence-electron chi connectivity index (χ2n) is 15.3. The first-order valence-electron chi connectivity index (χ1n) is 20.6. The van der Waals surface area contributed by atoms with Gasteiger partial charge in [0.1, 0.15) is 0 Å². The molecule has 11 rings (SSSR count). The highest BCUT2D eigenvalue weighted by molar-refractivity contribution is 6.11. The summed E-state index contributed by atoms with van der Waals surface area (Å²) in [5, 5.41) is 4.91. The Hall–Kier alpha value is -7.94. The highest BCUT2D eigenvalue weighted by atomic mass is 15.1. The maximum absolute atomic E-state index is 2.45. The number of hydrogen-bond acceptors (Lipinski definition) is 1. The molecule has 0 saturated heterocycles. The Labute approximate surface area is 350 Å². The summed E-state index contributed by atoms with van der Waals surface area (Å²) in [5.74, 6) is 0. The zero-order chi connectivity index (χ0) is 39.8. The molecular formula is C58H40N2. The van der Waals surface area contributed by atoms with Gasteiger partial charge in [-0.3, -0.25) is 0 Å². The van der Waals surface area contributed by atoms with Crippen LogP contribution in [-0.2, 0) is 0 Å². The minimum absolute atomic E-state index is 1.08. The van der Waals surface area contributed by atoms with E-state index in [1.54, 1.807) is 0 Å². The Kier molecular flexibility index (Phi) is 8.87. The fourth-order valence-electron chi connectivity index (χ4n) is 8.99. The van der Waals surface area contributed by atoms with Gasteiger partial charge in [-0.15, -0.1) is 0 Å². The van der Waals surface area contributed by atoms with Crippen LogP contribution in [0.1, 0.15) is 0 Å². The first kappa shape index (κ1) is 35.2. The largest absolute Gasteiger partial charge is 0.310 e. The third-order valence-corrected chi connectivity index (χ3v) is 11.8. The first-order chi connectivity index (χ1) is 29.8. The van der Waals surface area contributed by atoms with Crippen LogP contribution in [0.2, 0.25) is 0 Å². The van der Waals surface area contributed by atoms with Crippen LogP contribution in [0.4, 0.5) is 17.1 Å². The van der Waals surface area contributed by atoms with Gasteiger partial charge in [0.25, 0.3) is 0 Å². The van der Waals surface area contributed by atoms with Gasteiger partial charge in [0.15, 0.2) is 0 Å². The summed E-state index contributed by atoms with van der Waals surface area (Å²) >= 11 is 0. The summed E-state index contributed by atoms with van der Waals surface area (Å²) < 4.78 is 2.40. The standard InChI is InChI=1S/C58H40N2/c1-4-17-41(18-5-1)42-31-33-45(34-32-42)51-26-12-14-29-56(51)59(48-36-38-54-53-27-13-15-30-57(53)60(58(54)40-48)46-23-8-3-9-24-46)47-35-37-50(43-19-6-2-7-20-43)55(39-47)52-28-16-22-44-21-10-11-25-49(44)52/h1-40H. The fraction of sp³-hybridized carbons (Fsp3) is 0. The molecule has 0 aliphatic carbocycles. The predicted molar refractivity (Wildman–Crippen MR) is 255 cm³/mol. The third-order valence-electron chi connectivity index (χ3n) is 11.8. The van der Waals surface area contributed by atoms with Crippen LogP contribution < -0.4 is 4.90 Å². The molecule has 10 aromatic carbocycles. The molecule has 60 heavy (non-hydrogen) atoms. The Morgan fingerprint density at radius 3 is 1.62 bits per heavy atom. The summed E-state index contributed by atoms with van der Waals surface area (Å²) in [4.78, 5) is 2.45. The van der Waals surface area contributed by atoms with Gasteiger partial charge in [-0.25, -0.2) is 0 Å². The Balaban J connectivity index is 1.17. The lowest BCUT2D eigenvalue weighted by Gasteiger charge is -2.29. The number of nitrogens with zero attached hydrogens (tertiary/aromatic N) is 2. The van der Waals surface area contributed by atoms with Crippen molar-refractivity contribution in [2.75, 3.05) is 4.90 Å². The van der Waals surface area contributed by atoms with Crippen molar-refractivity contribution < 1.29 is 0 Å². The summed E-state index contributed by atoms with van der Waals surface area (Å²) in [7, 11) is 0. The number of anilines is 3. The maximum atomic E-state index is 2.45. The Morgan fingerprint density at radius 2 is 0.817 bits per heavy atom. The molecule has 282 valence electrons. The molecule has 2 nitrogen and oxygen atoms in total. The minimum atomic E-state index is 1.08.